The molecule has 2 N–H and O–H groups in total. The van der Waals surface area contributed by atoms with Crippen LogP contribution in [0, 0.1) is 13.8 Å². The molecule has 0 aliphatic carbocycles. The number of fused-ring (bicyclic) bond motifs is 1. The standard InChI is InChI=1S/C25H28N4O5/c1-13-7-9-15(10-8-13)20-19-14(2)28-29(3)23(19)27-25(31)21(20)26-24(30)16-11-17(32-4)22(34-6)18(12-16)33-5/h7-12,20-21H,1-6H3,(H,26,30)(H,27,31)/t20-,21+/m1/s1. The SMILES string of the molecule is COc1cc(C(=O)N[C@@H]2C(=O)Nc3c(c(C)nn3C)[C@H]2c2ccc(C)cc2)cc(OC)c1OC. The molecule has 0 saturated heterocycles. The van der Waals surface area contributed by atoms with E-state index in [9.17, 15) is 9.59 Å². The monoisotopic (exact) mass is 464 g/mol. The molecule has 178 valence electrons. The molecule has 2 amide bonds. The Hall–Kier alpha value is -4.01. The highest BCUT2D eigenvalue weighted by Gasteiger charge is 2.41. The van der Waals surface area contributed by atoms with Gasteiger partial charge in [-0.1, -0.05) is 29.8 Å². The van der Waals surface area contributed by atoms with Crippen molar-refractivity contribution in [3.8, 4) is 17.2 Å². The summed E-state index contributed by atoms with van der Waals surface area (Å²) in [6.07, 6.45) is 0. The van der Waals surface area contributed by atoms with E-state index in [2.05, 4.69) is 15.7 Å². The van der Waals surface area contributed by atoms with Gasteiger partial charge in [-0.25, -0.2) is 0 Å². The number of ether oxygens (including phenoxy) is 3. The Morgan fingerprint density at radius 2 is 1.65 bits per heavy atom. The van der Waals surface area contributed by atoms with E-state index in [1.165, 1.54) is 21.3 Å². The smallest absolute Gasteiger partial charge is 0.252 e. The Morgan fingerprint density at radius 1 is 1.03 bits per heavy atom. The van der Waals surface area contributed by atoms with Gasteiger partial charge in [-0.05, 0) is 31.5 Å². The number of nitrogens with zero attached hydrogens (tertiary/aromatic N) is 2. The van der Waals surface area contributed by atoms with Crippen LogP contribution in [0.1, 0.15) is 38.7 Å². The number of methoxy groups -OCH3 is 3. The van der Waals surface area contributed by atoms with E-state index in [1.54, 1.807) is 23.9 Å². The first-order chi connectivity index (χ1) is 16.3. The average Bonchev–Trinajstić information content (AvgIpc) is 3.11. The van der Waals surface area contributed by atoms with Crippen molar-refractivity contribution in [2.75, 3.05) is 26.6 Å². The number of rotatable bonds is 6. The van der Waals surface area contributed by atoms with Crippen molar-refractivity contribution in [3.05, 3.63) is 64.3 Å². The molecule has 0 spiro atoms. The van der Waals surface area contributed by atoms with E-state index in [-0.39, 0.29) is 11.5 Å². The predicted molar refractivity (Wildman–Crippen MR) is 127 cm³/mol. The van der Waals surface area contributed by atoms with Crippen LogP contribution in [-0.4, -0.2) is 49.0 Å². The molecular formula is C25H28N4O5. The van der Waals surface area contributed by atoms with Crippen LogP contribution < -0.4 is 24.8 Å². The Bertz CT molecular complexity index is 1220. The molecule has 4 rings (SSSR count). The van der Waals surface area contributed by atoms with Crippen LogP contribution in [-0.2, 0) is 11.8 Å². The summed E-state index contributed by atoms with van der Waals surface area (Å²) in [6.45, 7) is 3.90. The summed E-state index contributed by atoms with van der Waals surface area (Å²) >= 11 is 0. The first-order valence-corrected chi connectivity index (χ1v) is 10.8. The van der Waals surface area contributed by atoms with Crippen molar-refractivity contribution in [2.24, 2.45) is 7.05 Å². The lowest BCUT2D eigenvalue weighted by Gasteiger charge is -2.32. The second kappa shape index (κ2) is 9.09. The molecule has 2 atom stereocenters. The molecule has 9 nitrogen and oxygen atoms in total. The van der Waals surface area contributed by atoms with Crippen LogP contribution in [0.2, 0.25) is 0 Å². The lowest BCUT2D eigenvalue weighted by molar-refractivity contribution is -0.118. The molecule has 9 heteroatoms. The fraction of sp³-hybridized carbons (Fsp3) is 0.320. The van der Waals surface area contributed by atoms with Crippen LogP contribution >= 0.6 is 0 Å². The fourth-order valence-electron chi connectivity index (χ4n) is 4.43. The molecule has 0 saturated carbocycles. The number of hydrogen-bond acceptors (Lipinski definition) is 6. The van der Waals surface area contributed by atoms with Crippen molar-refractivity contribution >= 4 is 17.6 Å². The Morgan fingerprint density at radius 3 is 2.21 bits per heavy atom. The van der Waals surface area contributed by atoms with E-state index < -0.39 is 17.9 Å². The first-order valence-electron chi connectivity index (χ1n) is 10.8. The lowest BCUT2D eigenvalue weighted by atomic mass is 9.81. The molecule has 0 bridgehead atoms. The van der Waals surface area contributed by atoms with Crippen LogP contribution in [0.3, 0.4) is 0 Å². The molecule has 1 aromatic heterocycles. The summed E-state index contributed by atoms with van der Waals surface area (Å²) in [6, 6.07) is 10.2. The van der Waals surface area contributed by atoms with E-state index >= 15 is 0 Å². The number of carbonyl (C=O) groups excluding carboxylic acids is 2. The van der Waals surface area contributed by atoms with Crippen molar-refractivity contribution < 1.29 is 23.8 Å². The van der Waals surface area contributed by atoms with Gasteiger partial charge in [0.25, 0.3) is 5.91 Å². The van der Waals surface area contributed by atoms with Gasteiger partial charge >= 0.3 is 0 Å². The fourth-order valence-corrected chi connectivity index (χ4v) is 4.43. The zero-order valence-corrected chi connectivity index (χ0v) is 20.1. The third-order valence-electron chi connectivity index (χ3n) is 6.09. The molecule has 0 radical (unpaired) electrons. The second-order valence-electron chi connectivity index (χ2n) is 8.21. The maximum atomic E-state index is 13.4. The number of carbonyl (C=O) groups is 2. The molecule has 2 heterocycles. The Kier molecular flexibility index (Phi) is 6.19. The van der Waals surface area contributed by atoms with Crippen LogP contribution in [0.5, 0.6) is 17.2 Å². The van der Waals surface area contributed by atoms with Gasteiger partial charge in [0, 0.05) is 24.1 Å². The largest absolute Gasteiger partial charge is 0.493 e. The Balaban J connectivity index is 1.77. The quantitative estimate of drug-likeness (QED) is 0.581. The molecular weight excluding hydrogens is 436 g/mol. The van der Waals surface area contributed by atoms with Gasteiger partial charge in [0.15, 0.2) is 11.5 Å². The number of hydrogen-bond donors (Lipinski definition) is 2. The molecule has 1 aliphatic rings. The average molecular weight is 465 g/mol. The molecule has 0 fully saturated rings. The van der Waals surface area contributed by atoms with Gasteiger partial charge in [-0.3, -0.25) is 14.3 Å². The number of nitrogens with one attached hydrogen (secondary N) is 2. The molecule has 34 heavy (non-hydrogen) atoms. The summed E-state index contributed by atoms with van der Waals surface area (Å²) in [5.74, 6) is 0.532. The summed E-state index contributed by atoms with van der Waals surface area (Å²) in [5.41, 5.74) is 3.95. The van der Waals surface area contributed by atoms with Crippen LogP contribution in [0.4, 0.5) is 5.82 Å². The third-order valence-corrected chi connectivity index (χ3v) is 6.09. The summed E-state index contributed by atoms with van der Waals surface area (Å²) < 4.78 is 17.7. The van der Waals surface area contributed by atoms with Gasteiger partial charge in [0.1, 0.15) is 11.9 Å². The second-order valence-corrected chi connectivity index (χ2v) is 8.21. The predicted octanol–water partition coefficient (Wildman–Crippen LogP) is 2.95. The zero-order valence-electron chi connectivity index (χ0n) is 20.1. The normalized spacial score (nSPS) is 16.9. The number of benzene rings is 2. The number of anilines is 1. The van der Waals surface area contributed by atoms with Gasteiger partial charge in [0.05, 0.1) is 27.0 Å². The molecule has 1 aliphatic heterocycles. The minimum Gasteiger partial charge on any atom is -0.493 e. The minimum absolute atomic E-state index is 0.277. The molecule has 0 unspecified atom stereocenters. The molecule has 3 aromatic rings. The van der Waals surface area contributed by atoms with Gasteiger partial charge in [0.2, 0.25) is 11.7 Å². The van der Waals surface area contributed by atoms with E-state index in [0.717, 1.165) is 22.4 Å². The zero-order chi connectivity index (χ0) is 24.6. The third kappa shape index (κ3) is 3.93. The number of aryl methyl sites for hydroxylation is 3. The van der Waals surface area contributed by atoms with E-state index in [1.807, 2.05) is 38.1 Å². The number of amides is 2. The highest BCUT2D eigenvalue weighted by molar-refractivity contribution is 6.04. The maximum Gasteiger partial charge on any atom is 0.252 e. The van der Waals surface area contributed by atoms with Crippen molar-refractivity contribution in [1.82, 2.24) is 15.1 Å². The summed E-state index contributed by atoms with van der Waals surface area (Å²) in [4.78, 5) is 26.6. The highest BCUT2D eigenvalue weighted by Crippen LogP contribution is 2.40. The number of aromatic nitrogens is 2. The summed E-state index contributed by atoms with van der Waals surface area (Å²) in [5, 5.41) is 10.3. The van der Waals surface area contributed by atoms with Gasteiger partial charge < -0.3 is 24.8 Å². The van der Waals surface area contributed by atoms with Gasteiger partial charge in [-0.15, -0.1) is 0 Å². The van der Waals surface area contributed by atoms with Crippen molar-refractivity contribution in [2.45, 2.75) is 25.8 Å². The van der Waals surface area contributed by atoms with E-state index in [4.69, 9.17) is 14.2 Å². The lowest BCUT2D eigenvalue weighted by Crippen LogP contribution is -2.50. The maximum absolute atomic E-state index is 13.4. The van der Waals surface area contributed by atoms with Crippen LogP contribution in [0.15, 0.2) is 36.4 Å². The molecule has 2 aromatic carbocycles. The first kappa shape index (κ1) is 23.2. The van der Waals surface area contributed by atoms with Gasteiger partial charge in [-0.2, -0.15) is 5.10 Å². The topological polar surface area (TPSA) is 104 Å². The minimum atomic E-state index is -0.857. The highest BCUT2D eigenvalue weighted by atomic mass is 16.5. The van der Waals surface area contributed by atoms with E-state index in [0.29, 0.717) is 23.1 Å². The van der Waals surface area contributed by atoms with Crippen molar-refractivity contribution in [3.63, 3.8) is 0 Å². The Labute approximate surface area is 198 Å². The summed E-state index contributed by atoms with van der Waals surface area (Å²) in [7, 11) is 6.24. The van der Waals surface area contributed by atoms with Crippen LogP contribution in [0.25, 0.3) is 0 Å². The van der Waals surface area contributed by atoms with Crippen molar-refractivity contribution in [1.29, 1.82) is 0 Å².